The molecule has 0 aliphatic carbocycles. The van der Waals surface area contributed by atoms with E-state index in [0.29, 0.717) is 13.2 Å². The molecule has 0 radical (unpaired) electrons. The van der Waals surface area contributed by atoms with Crippen molar-refractivity contribution >= 4 is 0 Å². The summed E-state index contributed by atoms with van der Waals surface area (Å²) in [5.41, 5.74) is 3.75. The summed E-state index contributed by atoms with van der Waals surface area (Å²) in [7, 11) is 0. The van der Waals surface area contributed by atoms with Gasteiger partial charge >= 0.3 is 0 Å². The normalized spacial score (nSPS) is 10.6. The van der Waals surface area contributed by atoms with E-state index in [4.69, 9.17) is 9.47 Å². The smallest absolute Gasteiger partial charge is 0.161 e. The van der Waals surface area contributed by atoms with Gasteiger partial charge in [0.05, 0.1) is 13.2 Å². The molecule has 146 valence electrons. The van der Waals surface area contributed by atoms with Gasteiger partial charge < -0.3 is 14.8 Å². The van der Waals surface area contributed by atoms with Gasteiger partial charge in [0, 0.05) is 19.4 Å². The van der Waals surface area contributed by atoms with E-state index in [-0.39, 0.29) is 0 Å². The van der Waals surface area contributed by atoms with Crippen LogP contribution in [0.3, 0.4) is 0 Å². The minimum absolute atomic E-state index is 0.629. The van der Waals surface area contributed by atoms with Gasteiger partial charge in [-0.05, 0) is 35.4 Å². The van der Waals surface area contributed by atoms with Crippen molar-refractivity contribution in [2.24, 2.45) is 0 Å². The second-order valence-corrected chi connectivity index (χ2v) is 6.73. The first-order chi connectivity index (χ1) is 13.8. The van der Waals surface area contributed by atoms with E-state index in [1.54, 1.807) is 0 Å². The lowest BCUT2D eigenvalue weighted by molar-refractivity contribution is 0.272. The van der Waals surface area contributed by atoms with Crippen molar-refractivity contribution in [3.05, 3.63) is 95.6 Å². The molecule has 0 aliphatic heterocycles. The van der Waals surface area contributed by atoms with Crippen LogP contribution in [0.2, 0.25) is 0 Å². The fourth-order valence-electron chi connectivity index (χ4n) is 3.01. The van der Waals surface area contributed by atoms with E-state index < -0.39 is 0 Å². The second kappa shape index (κ2) is 11.2. The van der Waals surface area contributed by atoms with Gasteiger partial charge in [0.1, 0.15) is 0 Å². The molecule has 3 heteroatoms. The summed E-state index contributed by atoms with van der Waals surface area (Å²) in [4.78, 5) is 0. The van der Waals surface area contributed by atoms with Gasteiger partial charge in [0.15, 0.2) is 11.5 Å². The number of hydrogen-bond acceptors (Lipinski definition) is 3. The first-order valence-corrected chi connectivity index (χ1v) is 10.0. The average molecular weight is 376 g/mol. The maximum absolute atomic E-state index is 6.11. The highest BCUT2D eigenvalue weighted by Crippen LogP contribution is 2.29. The van der Waals surface area contributed by atoms with Gasteiger partial charge in [0.2, 0.25) is 0 Å². The quantitative estimate of drug-likeness (QED) is 0.509. The Balaban J connectivity index is 1.61. The molecule has 0 unspecified atom stereocenters. The minimum atomic E-state index is 0.629. The molecule has 0 fully saturated rings. The third-order valence-corrected chi connectivity index (χ3v) is 4.57. The van der Waals surface area contributed by atoms with Gasteiger partial charge in [-0.3, -0.25) is 0 Å². The zero-order chi connectivity index (χ0) is 19.4. The Bertz CT molecular complexity index is 818. The van der Waals surface area contributed by atoms with Crippen LogP contribution in [-0.4, -0.2) is 19.8 Å². The van der Waals surface area contributed by atoms with E-state index >= 15 is 0 Å². The Hall–Kier alpha value is -2.78. The van der Waals surface area contributed by atoms with Gasteiger partial charge in [0.25, 0.3) is 0 Å². The summed E-state index contributed by atoms with van der Waals surface area (Å²) < 4.78 is 12.2. The van der Waals surface area contributed by atoms with Crippen LogP contribution in [0.1, 0.15) is 23.6 Å². The van der Waals surface area contributed by atoms with Crippen LogP contribution in [0.15, 0.2) is 78.9 Å². The number of nitrogens with one attached hydrogen (secondary N) is 1. The maximum atomic E-state index is 6.11. The van der Waals surface area contributed by atoms with Crippen molar-refractivity contribution in [1.82, 2.24) is 5.32 Å². The summed E-state index contributed by atoms with van der Waals surface area (Å²) in [6, 6.07) is 27.0. The third kappa shape index (κ3) is 6.43. The molecule has 0 atom stereocenters. The molecule has 0 spiro atoms. The van der Waals surface area contributed by atoms with E-state index in [1.807, 2.05) is 18.2 Å². The molecule has 3 aromatic rings. The van der Waals surface area contributed by atoms with Crippen molar-refractivity contribution in [2.75, 3.05) is 19.8 Å². The lowest BCUT2D eigenvalue weighted by Gasteiger charge is -2.15. The zero-order valence-electron chi connectivity index (χ0n) is 16.6. The summed E-state index contributed by atoms with van der Waals surface area (Å²) >= 11 is 0. The van der Waals surface area contributed by atoms with Crippen molar-refractivity contribution in [3.8, 4) is 11.5 Å². The molecule has 0 aromatic heterocycles. The predicted molar refractivity (Wildman–Crippen MR) is 115 cm³/mol. The molecular weight excluding hydrogens is 346 g/mol. The molecule has 0 amide bonds. The van der Waals surface area contributed by atoms with Crippen LogP contribution in [-0.2, 0) is 19.4 Å². The molecule has 0 saturated carbocycles. The van der Waals surface area contributed by atoms with Crippen LogP contribution < -0.4 is 14.8 Å². The second-order valence-electron chi connectivity index (χ2n) is 6.73. The maximum Gasteiger partial charge on any atom is 0.161 e. The van der Waals surface area contributed by atoms with Crippen LogP contribution in [0, 0.1) is 0 Å². The molecule has 3 nitrogen and oxygen atoms in total. The number of hydrogen-bond donors (Lipinski definition) is 1. The SMILES string of the molecule is CCNCc1ccc(OCCc2ccccc2)c(OCCc2ccccc2)c1. The van der Waals surface area contributed by atoms with Crippen molar-refractivity contribution in [1.29, 1.82) is 0 Å². The Kier molecular flexibility index (Phi) is 7.95. The lowest BCUT2D eigenvalue weighted by atomic mass is 10.1. The summed E-state index contributed by atoms with van der Waals surface area (Å²) in [5.74, 6) is 1.63. The molecule has 3 rings (SSSR count). The van der Waals surface area contributed by atoms with Crippen LogP contribution in [0.4, 0.5) is 0 Å². The van der Waals surface area contributed by atoms with Crippen LogP contribution >= 0.6 is 0 Å². The highest BCUT2D eigenvalue weighted by atomic mass is 16.5. The number of benzene rings is 3. The zero-order valence-corrected chi connectivity index (χ0v) is 16.6. The van der Waals surface area contributed by atoms with Gasteiger partial charge in [-0.15, -0.1) is 0 Å². The standard InChI is InChI=1S/C25H29NO2/c1-2-26-20-23-13-14-24(27-17-15-21-9-5-3-6-10-21)25(19-23)28-18-16-22-11-7-4-8-12-22/h3-14,19,26H,2,15-18,20H2,1H3. The Morgan fingerprint density at radius 3 is 1.79 bits per heavy atom. The van der Waals surface area contributed by atoms with E-state index in [2.05, 4.69) is 72.9 Å². The van der Waals surface area contributed by atoms with Crippen molar-refractivity contribution < 1.29 is 9.47 Å². The molecule has 28 heavy (non-hydrogen) atoms. The molecule has 0 bridgehead atoms. The first-order valence-electron chi connectivity index (χ1n) is 10.0. The Labute approximate surface area is 168 Å². The fourth-order valence-corrected chi connectivity index (χ4v) is 3.01. The van der Waals surface area contributed by atoms with Crippen LogP contribution in [0.5, 0.6) is 11.5 Å². The summed E-state index contributed by atoms with van der Waals surface area (Å²) in [6.45, 7) is 5.14. The first kappa shape index (κ1) is 20.0. The highest BCUT2D eigenvalue weighted by Gasteiger charge is 2.08. The lowest BCUT2D eigenvalue weighted by Crippen LogP contribution is -2.12. The molecule has 0 aliphatic rings. The molecule has 0 saturated heterocycles. The molecule has 1 N–H and O–H groups in total. The Morgan fingerprint density at radius 1 is 0.643 bits per heavy atom. The van der Waals surface area contributed by atoms with Gasteiger partial charge in [-0.25, -0.2) is 0 Å². The summed E-state index contributed by atoms with van der Waals surface area (Å²) in [5, 5.41) is 3.36. The molecular formula is C25H29NO2. The van der Waals surface area contributed by atoms with E-state index in [9.17, 15) is 0 Å². The molecule has 3 aromatic carbocycles. The topological polar surface area (TPSA) is 30.5 Å². The summed E-state index contributed by atoms with van der Waals surface area (Å²) in [6.07, 6.45) is 1.76. The van der Waals surface area contributed by atoms with Gasteiger partial charge in [-0.1, -0.05) is 73.7 Å². The van der Waals surface area contributed by atoms with E-state index in [1.165, 1.54) is 16.7 Å². The van der Waals surface area contributed by atoms with Crippen LogP contribution in [0.25, 0.3) is 0 Å². The highest BCUT2D eigenvalue weighted by molar-refractivity contribution is 5.43. The molecule has 0 heterocycles. The van der Waals surface area contributed by atoms with Crippen molar-refractivity contribution in [3.63, 3.8) is 0 Å². The monoisotopic (exact) mass is 375 g/mol. The largest absolute Gasteiger partial charge is 0.489 e. The predicted octanol–water partition coefficient (Wildman–Crippen LogP) is 5.04. The number of rotatable bonds is 11. The van der Waals surface area contributed by atoms with E-state index in [0.717, 1.165) is 37.4 Å². The minimum Gasteiger partial charge on any atom is -0.489 e. The fraction of sp³-hybridized carbons (Fsp3) is 0.280. The average Bonchev–Trinajstić information content (AvgIpc) is 2.75. The third-order valence-electron chi connectivity index (χ3n) is 4.57. The number of ether oxygens (including phenoxy) is 2. The van der Waals surface area contributed by atoms with Crippen molar-refractivity contribution in [2.45, 2.75) is 26.3 Å². The Morgan fingerprint density at radius 2 is 1.21 bits per heavy atom. The van der Waals surface area contributed by atoms with Gasteiger partial charge in [-0.2, -0.15) is 0 Å².